The molecule has 1 amide bonds. The van der Waals surface area contributed by atoms with Crippen molar-refractivity contribution in [3.8, 4) is 5.75 Å². The van der Waals surface area contributed by atoms with Crippen molar-refractivity contribution in [1.82, 2.24) is 4.90 Å². The van der Waals surface area contributed by atoms with Gasteiger partial charge in [-0.15, -0.1) is 0 Å². The highest BCUT2D eigenvalue weighted by molar-refractivity contribution is 6.30. The van der Waals surface area contributed by atoms with Gasteiger partial charge in [-0.05, 0) is 29.3 Å². The molecule has 1 heterocycles. The number of hydrogen-bond acceptors (Lipinski definition) is 2. The van der Waals surface area contributed by atoms with Crippen molar-refractivity contribution in [3.05, 3.63) is 64.7 Å². The third kappa shape index (κ3) is 3.03. The van der Waals surface area contributed by atoms with Crippen molar-refractivity contribution < 1.29 is 9.53 Å². The van der Waals surface area contributed by atoms with Crippen LogP contribution in [0.3, 0.4) is 0 Å². The van der Waals surface area contributed by atoms with Crippen LogP contribution < -0.4 is 4.74 Å². The summed E-state index contributed by atoms with van der Waals surface area (Å²) in [7, 11) is 1.79. The van der Waals surface area contributed by atoms with E-state index in [9.17, 15) is 4.79 Å². The summed E-state index contributed by atoms with van der Waals surface area (Å²) < 4.78 is 5.73. The number of ether oxygens (including phenoxy) is 1. The summed E-state index contributed by atoms with van der Waals surface area (Å²) in [4.78, 5) is 14.2. The Bertz CT molecular complexity index is 646. The van der Waals surface area contributed by atoms with Crippen molar-refractivity contribution >= 4 is 17.5 Å². The zero-order valence-electron chi connectivity index (χ0n) is 11.8. The van der Waals surface area contributed by atoms with E-state index >= 15 is 0 Å². The Hall–Kier alpha value is -2.00. The highest BCUT2D eigenvalue weighted by atomic mass is 35.5. The molecule has 0 N–H and O–H groups in total. The van der Waals surface area contributed by atoms with Crippen molar-refractivity contribution in [1.29, 1.82) is 0 Å². The maximum Gasteiger partial charge on any atom is 0.264 e. The average Bonchev–Trinajstić information content (AvgIpc) is 2.90. The van der Waals surface area contributed by atoms with Gasteiger partial charge in [0.15, 0.2) is 6.10 Å². The molecule has 0 saturated carbocycles. The molecular formula is C17H16ClNO2. The number of likely N-dealkylation sites (N-methyl/N-ethyl adjacent to an activating group) is 1. The van der Waals surface area contributed by atoms with Gasteiger partial charge in [0.2, 0.25) is 0 Å². The van der Waals surface area contributed by atoms with Gasteiger partial charge in [-0.25, -0.2) is 0 Å². The number of nitrogens with zero attached hydrogens (tertiary/aromatic N) is 1. The molecule has 21 heavy (non-hydrogen) atoms. The van der Waals surface area contributed by atoms with Crippen molar-refractivity contribution in [2.45, 2.75) is 19.1 Å². The van der Waals surface area contributed by atoms with E-state index < -0.39 is 6.10 Å². The second-order valence-corrected chi connectivity index (χ2v) is 5.68. The highest BCUT2D eigenvalue weighted by Gasteiger charge is 2.30. The monoisotopic (exact) mass is 301 g/mol. The van der Waals surface area contributed by atoms with Gasteiger partial charge < -0.3 is 9.64 Å². The normalized spacial score (nSPS) is 16.2. The Morgan fingerprint density at radius 1 is 1.29 bits per heavy atom. The number of hydrogen-bond donors (Lipinski definition) is 0. The molecule has 2 aromatic carbocycles. The summed E-state index contributed by atoms with van der Waals surface area (Å²) >= 11 is 5.97. The van der Waals surface area contributed by atoms with E-state index in [1.54, 1.807) is 11.9 Å². The van der Waals surface area contributed by atoms with Crippen molar-refractivity contribution in [3.63, 3.8) is 0 Å². The fraction of sp³-hybridized carbons (Fsp3) is 0.235. The van der Waals surface area contributed by atoms with Gasteiger partial charge in [-0.2, -0.15) is 0 Å². The minimum atomic E-state index is -0.424. The van der Waals surface area contributed by atoms with Crippen LogP contribution in [0.2, 0.25) is 5.02 Å². The number of fused-ring (bicyclic) bond motifs is 1. The predicted molar refractivity (Wildman–Crippen MR) is 82.5 cm³/mol. The number of carbonyl (C=O) groups excluding carboxylic acids is 1. The van der Waals surface area contributed by atoms with Gasteiger partial charge in [0.05, 0.1) is 0 Å². The summed E-state index contributed by atoms with van der Waals surface area (Å²) in [6.45, 7) is 0.523. The molecule has 0 radical (unpaired) electrons. The van der Waals surface area contributed by atoms with Gasteiger partial charge in [0, 0.05) is 25.0 Å². The fourth-order valence-electron chi connectivity index (χ4n) is 2.55. The van der Waals surface area contributed by atoms with Crippen LogP contribution >= 0.6 is 11.6 Å². The maximum absolute atomic E-state index is 12.5. The lowest BCUT2D eigenvalue weighted by atomic mass is 10.1. The summed E-state index contributed by atoms with van der Waals surface area (Å²) in [5.74, 6) is 0.804. The van der Waals surface area contributed by atoms with Crippen molar-refractivity contribution in [2.24, 2.45) is 0 Å². The molecule has 2 aromatic rings. The molecule has 0 spiro atoms. The molecule has 1 unspecified atom stereocenters. The van der Waals surface area contributed by atoms with Crippen molar-refractivity contribution in [2.75, 3.05) is 7.05 Å². The van der Waals surface area contributed by atoms with Gasteiger partial charge in [0.1, 0.15) is 5.75 Å². The molecule has 0 aliphatic carbocycles. The quantitative estimate of drug-likeness (QED) is 0.870. The van der Waals surface area contributed by atoms with E-state index in [2.05, 4.69) is 0 Å². The Morgan fingerprint density at radius 2 is 2.10 bits per heavy atom. The van der Waals surface area contributed by atoms with Crippen LogP contribution in [0.1, 0.15) is 11.1 Å². The molecule has 3 rings (SSSR count). The molecule has 0 bridgehead atoms. The predicted octanol–water partition coefficient (Wildman–Crippen LogP) is 3.30. The number of carbonyl (C=O) groups is 1. The van der Waals surface area contributed by atoms with Crippen LogP contribution in [0.4, 0.5) is 0 Å². The van der Waals surface area contributed by atoms with E-state index in [0.717, 1.165) is 16.9 Å². The number of rotatable bonds is 3. The van der Waals surface area contributed by atoms with E-state index in [4.69, 9.17) is 16.3 Å². The molecule has 1 atom stereocenters. The number of benzene rings is 2. The number of halogens is 1. The topological polar surface area (TPSA) is 29.5 Å². The van der Waals surface area contributed by atoms with E-state index in [-0.39, 0.29) is 5.91 Å². The fourth-order valence-corrected chi connectivity index (χ4v) is 2.77. The van der Waals surface area contributed by atoms with E-state index in [0.29, 0.717) is 18.0 Å². The van der Waals surface area contributed by atoms with Gasteiger partial charge in [-0.3, -0.25) is 4.79 Å². The first kappa shape index (κ1) is 14.0. The first-order valence-electron chi connectivity index (χ1n) is 6.87. The van der Waals surface area contributed by atoms with Crippen LogP contribution in [0, 0.1) is 0 Å². The zero-order chi connectivity index (χ0) is 14.8. The molecular weight excluding hydrogens is 286 g/mol. The SMILES string of the molecule is CN(Cc1cccc(Cl)c1)C(=O)C1Cc2ccccc2O1. The molecule has 1 aliphatic rings. The third-order valence-corrected chi connectivity index (χ3v) is 3.84. The molecule has 0 aromatic heterocycles. The van der Waals surface area contributed by atoms with Crippen LogP contribution in [-0.2, 0) is 17.8 Å². The molecule has 4 heteroatoms. The molecule has 1 aliphatic heterocycles. The van der Waals surface area contributed by atoms with Gasteiger partial charge in [0.25, 0.3) is 5.91 Å². The summed E-state index contributed by atoms with van der Waals surface area (Å²) in [5.41, 5.74) is 2.10. The average molecular weight is 302 g/mol. The lowest BCUT2D eigenvalue weighted by Crippen LogP contribution is -2.38. The molecule has 108 valence electrons. The Morgan fingerprint density at radius 3 is 2.86 bits per heavy atom. The van der Waals surface area contributed by atoms with E-state index in [1.165, 1.54) is 0 Å². The third-order valence-electron chi connectivity index (χ3n) is 3.61. The standard InChI is InChI=1S/C17H16ClNO2/c1-19(11-12-5-4-7-14(18)9-12)17(20)16-10-13-6-2-3-8-15(13)21-16/h2-9,16H,10-11H2,1H3. The first-order valence-corrected chi connectivity index (χ1v) is 7.25. The molecule has 3 nitrogen and oxygen atoms in total. The number of amides is 1. The Balaban J connectivity index is 1.66. The van der Waals surface area contributed by atoms with Gasteiger partial charge >= 0.3 is 0 Å². The highest BCUT2D eigenvalue weighted by Crippen LogP contribution is 2.29. The van der Waals surface area contributed by atoms with Crippen LogP contribution in [0.15, 0.2) is 48.5 Å². The lowest BCUT2D eigenvalue weighted by molar-refractivity contribution is -0.137. The first-order chi connectivity index (χ1) is 10.1. The van der Waals surface area contributed by atoms with Crippen LogP contribution in [0.25, 0.3) is 0 Å². The Kier molecular flexibility index (Phi) is 3.84. The minimum Gasteiger partial charge on any atom is -0.480 e. The van der Waals surface area contributed by atoms with Crippen LogP contribution in [-0.4, -0.2) is 24.0 Å². The largest absolute Gasteiger partial charge is 0.480 e. The molecule has 0 saturated heterocycles. The smallest absolute Gasteiger partial charge is 0.264 e. The van der Waals surface area contributed by atoms with Gasteiger partial charge in [-0.1, -0.05) is 41.9 Å². The summed E-state index contributed by atoms with van der Waals surface area (Å²) in [6.07, 6.45) is 0.209. The minimum absolute atomic E-state index is 0.00817. The Labute approximate surface area is 129 Å². The molecule has 0 fully saturated rings. The second kappa shape index (κ2) is 5.78. The van der Waals surface area contributed by atoms with Crippen LogP contribution in [0.5, 0.6) is 5.75 Å². The number of para-hydroxylation sites is 1. The maximum atomic E-state index is 12.5. The summed E-state index contributed by atoms with van der Waals surface area (Å²) in [5, 5.41) is 0.679. The second-order valence-electron chi connectivity index (χ2n) is 5.24. The lowest BCUT2D eigenvalue weighted by Gasteiger charge is -2.21. The zero-order valence-corrected chi connectivity index (χ0v) is 12.5. The summed E-state index contributed by atoms with van der Waals surface area (Å²) in [6, 6.07) is 15.3. The van der Waals surface area contributed by atoms with E-state index in [1.807, 2.05) is 48.5 Å².